The van der Waals surface area contributed by atoms with Crippen molar-refractivity contribution >= 4 is 17.6 Å². The summed E-state index contributed by atoms with van der Waals surface area (Å²) in [6.45, 7) is 1.75. The molecule has 0 aromatic heterocycles. The summed E-state index contributed by atoms with van der Waals surface area (Å²) in [5, 5.41) is 17.4. The van der Waals surface area contributed by atoms with Gasteiger partial charge in [-0.05, 0) is 23.6 Å². The van der Waals surface area contributed by atoms with Crippen LogP contribution in [-0.2, 0) is 22.4 Å². The van der Waals surface area contributed by atoms with Gasteiger partial charge in [-0.2, -0.15) is 0 Å². The Kier molecular flexibility index (Phi) is 3.50. The van der Waals surface area contributed by atoms with E-state index in [4.69, 9.17) is 15.9 Å². The third-order valence-corrected chi connectivity index (χ3v) is 2.35. The van der Waals surface area contributed by atoms with Crippen LogP contribution in [0.2, 0.25) is 0 Å². The molecule has 0 fully saturated rings. The standard InChI is InChI=1S/C11H13NO4/c1-6-2-3-7(4-9(13)14)11(12)8(6)5-10(15)16/h2-3H,4-5,12H2,1H3,(H,13,14)(H,15,16). The SMILES string of the molecule is Cc1ccc(CC(=O)O)c(N)c1CC(=O)O. The first-order chi connectivity index (χ1) is 7.41. The van der Waals surface area contributed by atoms with E-state index in [0.29, 0.717) is 11.1 Å². The van der Waals surface area contributed by atoms with Crippen molar-refractivity contribution in [3.05, 3.63) is 28.8 Å². The maximum atomic E-state index is 10.6. The van der Waals surface area contributed by atoms with Crippen molar-refractivity contribution in [1.82, 2.24) is 0 Å². The number of hydrogen-bond acceptors (Lipinski definition) is 3. The van der Waals surface area contributed by atoms with Gasteiger partial charge in [0.15, 0.2) is 0 Å². The Morgan fingerprint density at radius 3 is 2.25 bits per heavy atom. The maximum Gasteiger partial charge on any atom is 0.307 e. The molecule has 0 radical (unpaired) electrons. The van der Waals surface area contributed by atoms with Crippen molar-refractivity contribution in [2.24, 2.45) is 0 Å². The monoisotopic (exact) mass is 223 g/mol. The van der Waals surface area contributed by atoms with E-state index < -0.39 is 11.9 Å². The molecule has 0 bridgehead atoms. The van der Waals surface area contributed by atoms with E-state index in [1.807, 2.05) is 0 Å². The number of carbonyl (C=O) groups is 2. The fraction of sp³-hybridized carbons (Fsp3) is 0.273. The second-order valence-corrected chi connectivity index (χ2v) is 3.57. The zero-order valence-electron chi connectivity index (χ0n) is 8.86. The molecule has 1 aromatic carbocycles. The highest BCUT2D eigenvalue weighted by Crippen LogP contribution is 2.22. The lowest BCUT2D eigenvalue weighted by Gasteiger charge is -2.11. The number of carboxylic acid groups (broad SMARTS) is 2. The van der Waals surface area contributed by atoms with Crippen LogP contribution in [0.15, 0.2) is 12.1 Å². The number of nitrogen functional groups attached to an aromatic ring is 1. The van der Waals surface area contributed by atoms with Crippen molar-refractivity contribution in [2.45, 2.75) is 19.8 Å². The van der Waals surface area contributed by atoms with Crippen molar-refractivity contribution in [2.75, 3.05) is 5.73 Å². The highest BCUT2D eigenvalue weighted by Gasteiger charge is 2.13. The largest absolute Gasteiger partial charge is 0.481 e. The van der Waals surface area contributed by atoms with Gasteiger partial charge < -0.3 is 15.9 Å². The molecular formula is C11H13NO4. The predicted octanol–water partition coefficient (Wildman–Crippen LogP) is 0.831. The van der Waals surface area contributed by atoms with Gasteiger partial charge in [0.05, 0.1) is 12.8 Å². The first kappa shape index (κ1) is 12.0. The van der Waals surface area contributed by atoms with Crippen LogP contribution in [0.3, 0.4) is 0 Å². The Balaban J connectivity index is 3.15. The second kappa shape index (κ2) is 4.65. The maximum absolute atomic E-state index is 10.6. The Labute approximate surface area is 92.5 Å². The molecular weight excluding hydrogens is 210 g/mol. The van der Waals surface area contributed by atoms with Gasteiger partial charge in [0.1, 0.15) is 0 Å². The van der Waals surface area contributed by atoms with Crippen LogP contribution in [-0.4, -0.2) is 22.2 Å². The number of rotatable bonds is 4. The number of aryl methyl sites for hydroxylation is 1. The number of hydrogen-bond donors (Lipinski definition) is 3. The van der Waals surface area contributed by atoms with Crippen LogP contribution in [0.25, 0.3) is 0 Å². The van der Waals surface area contributed by atoms with E-state index in [0.717, 1.165) is 5.56 Å². The highest BCUT2D eigenvalue weighted by atomic mass is 16.4. The molecule has 4 N–H and O–H groups in total. The molecule has 0 unspecified atom stereocenters. The van der Waals surface area contributed by atoms with Crippen LogP contribution in [0.5, 0.6) is 0 Å². The molecule has 0 amide bonds. The minimum atomic E-state index is -0.989. The average Bonchev–Trinajstić information content (AvgIpc) is 2.16. The van der Waals surface area contributed by atoms with E-state index in [1.165, 1.54) is 0 Å². The lowest BCUT2D eigenvalue weighted by atomic mass is 9.98. The van der Waals surface area contributed by atoms with E-state index in [-0.39, 0.29) is 18.5 Å². The van der Waals surface area contributed by atoms with Crippen molar-refractivity contribution in [3.63, 3.8) is 0 Å². The van der Waals surface area contributed by atoms with Crippen LogP contribution < -0.4 is 5.73 Å². The molecule has 1 aromatic rings. The minimum Gasteiger partial charge on any atom is -0.481 e. The third-order valence-electron chi connectivity index (χ3n) is 2.35. The summed E-state index contributed by atoms with van der Waals surface area (Å²) < 4.78 is 0. The zero-order valence-corrected chi connectivity index (χ0v) is 8.86. The molecule has 0 atom stereocenters. The minimum absolute atomic E-state index is 0.189. The number of nitrogens with two attached hydrogens (primary N) is 1. The van der Waals surface area contributed by atoms with Gasteiger partial charge >= 0.3 is 11.9 Å². The summed E-state index contributed by atoms with van der Waals surface area (Å²) >= 11 is 0. The smallest absolute Gasteiger partial charge is 0.307 e. The molecule has 0 heterocycles. The first-order valence-electron chi connectivity index (χ1n) is 4.72. The van der Waals surface area contributed by atoms with Gasteiger partial charge in [-0.15, -0.1) is 0 Å². The molecule has 0 aliphatic heterocycles. The highest BCUT2D eigenvalue weighted by molar-refractivity contribution is 5.78. The van der Waals surface area contributed by atoms with Gasteiger partial charge in [0.25, 0.3) is 0 Å². The quantitative estimate of drug-likeness (QED) is 0.656. The van der Waals surface area contributed by atoms with Crippen molar-refractivity contribution < 1.29 is 19.8 Å². The Hall–Kier alpha value is -2.04. The molecule has 5 nitrogen and oxygen atoms in total. The molecule has 0 saturated carbocycles. The number of aliphatic carboxylic acids is 2. The number of benzene rings is 1. The van der Waals surface area contributed by atoms with E-state index in [2.05, 4.69) is 0 Å². The van der Waals surface area contributed by atoms with Crippen molar-refractivity contribution in [1.29, 1.82) is 0 Å². The molecule has 0 aliphatic carbocycles. The fourth-order valence-electron chi connectivity index (χ4n) is 1.53. The van der Waals surface area contributed by atoms with Gasteiger partial charge in [-0.25, -0.2) is 0 Å². The predicted molar refractivity (Wildman–Crippen MR) is 58.3 cm³/mol. The van der Waals surface area contributed by atoms with Gasteiger partial charge in [-0.1, -0.05) is 12.1 Å². The normalized spacial score (nSPS) is 10.1. The van der Waals surface area contributed by atoms with Crippen LogP contribution in [0, 0.1) is 6.92 Å². The first-order valence-corrected chi connectivity index (χ1v) is 4.72. The van der Waals surface area contributed by atoms with Crippen LogP contribution in [0.1, 0.15) is 16.7 Å². The summed E-state index contributed by atoms with van der Waals surface area (Å²) in [5.74, 6) is -1.97. The van der Waals surface area contributed by atoms with Crippen molar-refractivity contribution in [3.8, 4) is 0 Å². The van der Waals surface area contributed by atoms with E-state index >= 15 is 0 Å². The molecule has 0 saturated heterocycles. The van der Waals surface area contributed by atoms with E-state index in [9.17, 15) is 9.59 Å². The molecule has 86 valence electrons. The van der Waals surface area contributed by atoms with Gasteiger partial charge in [0, 0.05) is 5.69 Å². The lowest BCUT2D eigenvalue weighted by Crippen LogP contribution is -2.10. The summed E-state index contributed by atoms with van der Waals surface area (Å²) in [5.41, 5.74) is 7.73. The average molecular weight is 223 g/mol. The molecule has 16 heavy (non-hydrogen) atoms. The van der Waals surface area contributed by atoms with Crippen LogP contribution >= 0.6 is 0 Å². The van der Waals surface area contributed by atoms with Crippen LogP contribution in [0.4, 0.5) is 5.69 Å². The fourth-order valence-corrected chi connectivity index (χ4v) is 1.53. The molecule has 1 rings (SSSR count). The lowest BCUT2D eigenvalue weighted by molar-refractivity contribution is -0.137. The summed E-state index contributed by atoms with van der Waals surface area (Å²) in [6, 6.07) is 3.30. The summed E-state index contributed by atoms with van der Waals surface area (Å²) in [6.07, 6.45) is -0.385. The Bertz CT molecular complexity index is 440. The third kappa shape index (κ3) is 2.73. The number of carboxylic acids is 2. The molecule has 0 spiro atoms. The molecule has 0 aliphatic rings. The van der Waals surface area contributed by atoms with Gasteiger partial charge in [-0.3, -0.25) is 9.59 Å². The molecule has 5 heteroatoms. The summed E-state index contributed by atoms with van der Waals surface area (Å²) in [4.78, 5) is 21.2. The summed E-state index contributed by atoms with van der Waals surface area (Å²) in [7, 11) is 0. The number of anilines is 1. The Morgan fingerprint density at radius 2 is 1.75 bits per heavy atom. The van der Waals surface area contributed by atoms with E-state index in [1.54, 1.807) is 19.1 Å². The topological polar surface area (TPSA) is 101 Å². The second-order valence-electron chi connectivity index (χ2n) is 3.57. The Morgan fingerprint density at radius 1 is 1.19 bits per heavy atom. The van der Waals surface area contributed by atoms with Gasteiger partial charge in [0.2, 0.25) is 0 Å². The zero-order chi connectivity index (χ0) is 12.3.